The van der Waals surface area contributed by atoms with E-state index in [1.165, 1.54) is 12.8 Å². The van der Waals surface area contributed by atoms with Gasteiger partial charge in [-0.25, -0.2) is 4.79 Å². The lowest BCUT2D eigenvalue weighted by Crippen LogP contribution is -2.57. The molecule has 0 radical (unpaired) electrons. The molecule has 0 aromatic heterocycles. The number of hydrogen-bond donors (Lipinski definition) is 1. The van der Waals surface area contributed by atoms with Gasteiger partial charge >= 0.3 is 12.0 Å². The van der Waals surface area contributed by atoms with Crippen LogP contribution in [0.25, 0.3) is 0 Å². The molecular weight excluding hydrogens is 232 g/mol. The van der Waals surface area contributed by atoms with Crippen LogP contribution in [0.2, 0.25) is 0 Å². The van der Waals surface area contributed by atoms with Crippen LogP contribution >= 0.6 is 0 Å². The van der Waals surface area contributed by atoms with Gasteiger partial charge in [-0.3, -0.25) is 4.79 Å². The number of carbonyl (C=O) groups excluding carboxylic acids is 1. The Hall–Kier alpha value is -1.26. The molecule has 0 aromatic rings. The van der Waals surface area contributed by atoms with Crippen LogP contribution in [0, 0.1) is 11.8 Å². The number of rotatable bonds is 3. The second-order valence-electron chi connectivity index (χ2n) is 5.62. The predicted octanol–water partition coefficient (Wildman–Crippen LogP) is 1.63. The molecule has 0 spiro atoms. The van der Waals surface area contributed by atoms with Crippen LogP contribution in [0.5, 0.6) is 0 Å². The van der Waals surface area contributed by atoms with E-state index in [0.717, 1.165) is 12.8 Å². The maximum Gasteiger partial charge on any atom is 0.320 e. The Labute approximate surface area is 108 Å². The minimum Gasteiger partial charge on any atom is -0.481 e. The highest BCUT2D eigenvalue weighted by molar-refractivity contribution is 5.76. The fourth-order valence-corrected chi connectivity index (χ4v) is 2.86. The summed E-state index contributed by atoms with van der Waals surface area (Å²) in [6, 6.07) is 0.448. The van der Waals surface area contributed by atoms with Crippen LogP contribution < -0.4 is 0 Å². The van der Waals surface area contributed by atoms with Crippen molar-refractivity contribution >= 4 is 12.0 Å². The van der Waals surface area contributed by atoms with Crippen LogP contribution in [0.1, 0.15) is 32.6 Å². The lowest BCUT2D eigenvalue weighted by molar-refractivity contribution is -0.144. The molecule has 2 amide bonds. The quantitative estimate of drug-likeness (QED) is 0.832. The lowest BCUT2D eigenvalue weighted by Gasteiger charge is -2.43. The van der Waals surface area contributed by atoms with Gasteiger partial charge in [0.15, 0.2) is 0 Å². The van der Waals surface area contributed by atoms with Crippen molar-refractivity contribution in [3.05, 3.63) is 0 Å². The number of aliphatic carboxylic acids is 1. The third-order valence-corrected chi connectivity index (χ3v) is 4.45. The standard InChI is InChI=1S/C13H22N2O3/c1-9(12(16)17)10-7-15(8-10)13(18)14(2)11-5-3-4-6-11/h9-11H,3-8H2,1-2H3,(H,16,17). The van der Waals surface area contributed by atoms with E-state index >= 15 is 0 Å². The van der Waals surface area contributed by atoms with Gasteiger partial charge in [0, 0.05) is 32.1 Å². The van der Waals surface area contributed by atoms with Gasteiger partial charge < -0.3 is 14.9 Å². The first kappa shape index (κ1) is 13.2. The van der Waals surface area contributed by atoms with Gasteiger partial charge in [0.1, 0.15) is 0 Å². The smallest absolute Gasteiger partial charge is 0.320 e. The van der Waals surface area contributed by atoms with Crippen molar-refractivity contribution in [2.75, 3.05) is 20.1 Å². The molecule has 1 heterocycles. The maximum absolute atomic E-state index is 12.2. The number of amides is 2. The van der Waals surface area contributed by atoms with Gasteiger partial charge in [-0.15, -0.1) is 0 Å². The van der Waals surface area contributed by atoms with Gasteiger partial charge in [-0.1, -0.05) is 19.8 Å². The van der Waals surface area contributed by atoms with E-state index in [2.05, 4.69) is 0 Å². The molecule has 1 saturated heterocycles. The number of carbonyl (C=O) groups is 2. The van der Waals surface area contributed by atoms with Crippen molar-refractivity contribution in [1.82, 2.24) is 9.80 Å². The molecule has 2 rings (SSSR count). The van der Waals surface area contributed by atoms with Crippen molar-refractivity contribution in [2.45, 2.75) is 38.6 Å². The first-order chi connectivity index (χ1) is 8.50. The number of nitrogens with zero attached hydrogens (tertiary/aromatic N) is 2. The summed E-state index contributed by atoms with van der Waals surface area (Å²) in [6.45, 7) is 2.89. The van der Waals surface area contributed by atoms with Crippen molar-refractivity contribution < 1.29 is 14.7 Å². The Balaban J connectivity index is 1.80. The first-order valence-corrected chi connectivity index (χ1v) is 6.75. The van der Waals surface area contributed by atoms with Crippen LogP contribution in [-0.4, -0.2) is 53.1 Å². The zero-order chi connectivity index (χ0) is 13.3. The molecule has 18 heavy (non-hydrogen) atoms. The van der Waals surface area contributed by atoms with E-state index < -0.39 is 5.97 Å². The molecule has 1 atom stereocenters. The topological polar surface area (TPSA) is 60.9 Å². The minimum absolute atomic E-state index is 0.0655. The summed E-state index contributed by atoms with van der Waals surface area (Å²) in [5.74, 6) is -1.01. The van der Waals surface area contributed by atoms with E-state index in [1.807, 2.05) is 11.9 Å². The van der Waals surface area contributed by atoms with Crippen molar-refractivity contribution in [2.24, 2.45) is 11.8 Å². The Morgan fingerprint density at radius 1 is 1.28 bits per heavy atom. The van der Waals surface area contributed by atoms with Crippen LogP contribution in [0.4, 0.5) is 4.79 Å². The number of likely N-dealkylation sites (tertiary alicyclic amines) is 1. The van der Waals surface area contributed by atoms with E-state index in [0.29, 0.717) is 19.1 Å². The van der Waals surface area contributed by atoms with Gasteiger partial charge in [0.05, 0.1) is 5.92 Å². The Morgan fingerprint density at radius 3 is 2.33 bits per heavy atom. The first-order valence-electron chi connectivity index (χ1n) is 6.75. The Morgan fingerprint density at radius 2 is 1.83 bits per heavy atom. The normalized spacial score (nSPS) is 22.7. The predicted molar refractivity (Wildman–Crippen MR) is 67.3 cm³/mol. The van der Waals surface area contributed by atoms with Crippen molar-refractivity contribution in [3.8, 4) is 0 Å². The largest absolute Gasteiger partial charge is 0.481 e. The highest BCUT2D eigenvalue weighted by Gasteiger charge is 2.39. The summed E-state index contributed by atoms with van der Waals surface area (Å²) in [4.78, 5) is 26.6. The SMILES string of the molecule is CC(C(=O)O)C1CN(C(=O)N(C)C2CCCC2)C1. The third-order valence-electron chi connectivity index (χ3n) is 4.45. The fourth-order valence-electron chi connectivity index (χ4n) is 2.86. The van der Waals surface area contributed by atoms with Gasteiger partial charge in [0.25, 0.3) is 0 Å². The maximum atomic E-state index is 12.2. The van der Waals surface area contributed by atoms with Crippen molar-refractivity contribution in [1.29, 1.82) is 0 Å². The summed E-state index contributed by atoms with van der Waals surface area (Å²) in [7, 11) is 1.87. The summed E-state index contributed by atoms with van der Waals surface area (Å²) in [5.41, 5.74) is 0. The monoisotopic (exact) mass is 254 g/mol. The Kier molecular flexibility index (Phi) is 3.78. The van der Waals surface area contributed by atoms with E-state index in [1.54, 1.807) is 11.8 Å². The van der Waals surface area contributed by atoms with Crippen LogP contribution in [-0.2, 0) is 4.79 Å². The number of hydrogen-bond acceptors (Lipinski definition) is 2. The minimum atomic E-state index is -0.767. The second-order valence-corrected chi connectivity index (χ2v) is 5.62. The van der Waals surface area contributed by atoms with Crippen LogP contribution in [0.15, 0.2) is 0 Å². The number of carboxylic acid groups (broad SMARTS) is 1. The highest BCUT2D eigenvalue weighted by Crippen LogP contribution is 2.28. The Bertz CT molecular complexity index is 333. The zero-order valence-electron chi connectivity index (χ0n) is 11.1. The van der Waals surface area contributed by atoms with Gasteiger partial charge in [-0.2, -0.15) is 0 Å². The highest BCUT2D eigenvalue weighted by atomic mass is 16.4. The molecule has 0 aromatic carbocycles. The fraction of sp³-hybridized carbons (Fsp3) is 0.846. The molecule has 2 aliphatic rings. The average molecular weight is 254 g/mol. The average Bonchev–Trinajstić information content (AvgIpc) is 2.78. The lowest BCUT2D eigenvalue weighted by atomic mass is 9.87. The number of carboxylic acids is 1. The van der Waals surface area contributed by atoms with E-state index in [9.17, 15) is 9.59 Å². The number of urea groups is 1. The van der Waals surface area contributed by atoms with E-state index in [4.69, 9.17) is 5.11 Å². The summed E-state index contributed by atoms with van der Waals surface area (Å²) < 4.78 is 0. The molecule has 1 saturated carbocycles. The molecule has 1 aliphatic carbocycles. The molecule has 1 N–H and O–H groups in total. The molecule has 1 unspecified atom stereocenters. The van der Waals surface area contributed by atoms with Crippen molar-refractivity contribution in [3.63, 3.8) is 0 Å². The molecule has 5 heteroatoms. The molecule has 2 fully saturated rings. The van der Waals surface area contributed by atoms with E-state index in [-0.39, 0.29) is 17.9 Å². The molecular formula is C13H22N2O3. The van der Waals surface area contributed by atoms with Gasteiger partial charge in [0.2, 0.25) is 0 Å². The summed E-state index contributed by atoms with van der Waals surface area (Å²) in [6.07, 6.45) is 4.62. The molecule has 5 nitrogen and oxygen atoms in total. The van der Waals surface area contributed by atoms with Gasteiger partial charge in [-0.05, 0) is 12.8 Å². The molecule has 0 bridgehead atoms. The van der Waals surface area contributed by atoms with Crippen LogP contribution in [0.3, 0.4) is 0 Å². The molecule has 102 valence electrons. The summed E-state index contributed by atoms with van der Waals surface area (Å²) >= 11 is 0. The zero-order valence-corrected chi connectivity index (χ0v) is 11.1. The summed E-state index contributed by atoms with van der Waals surface area (Å²) in [5, 5.41) is 8.91. The molecule has 1 aliphatic heterocycles. The second kappa shape index (κ2) is 5.16. The third kappa shape index (κ3) is 2.44.